The van der Waals surface area contributed by atoms with Gasteiger partial charge in [0.2, 0.25) is 0 Å². The third-order valence-electron chi connectivity index (χ3n) is 1.81. The Kier molecular flexibility index (Phi) is 12.6. The minimum atomic E-state index is 0. The molecule has 0 radical (unpaired) electrons. The van der Waals surface area contributed by atoms with Gasteiger partial charge in [-0.2, -0.15) is 10.5 Å². The summed E-state index contributed by atoms with van der Waals surface area (Å²) in [4.78, 5) is 0. The second-order valence-electron chi connectivity index (χ2n) is 2.96. The van der Waals surface area contributed by atoms with Crippen LogP contribution in [-0.2, 0) is 20.4 Å². The summed E-state index contributed by atoms with van der Waals surface area (Å²) in [7, 11) is 0. The van der Waals surface area contributed by atoms with E-state index in [1.165, 1.54) is 0 Å². The zero-order chi connectivity index (χ0) is 11.6. The third kappa shape index (κ3) is 7.77. The van der Waals surface area contributed by atoms with Crippen LogP contribution in [0.3, 0.4) is 0 Å². The number of nitriles is 2. The molecule has 0 aliphatic rings. The minimum Gasteiger partial charge on any atom is -0.192 e. The van der Waals surface area contributed by atoms with E-state index >= 15 is 0 Å². The van der Waals surface area contributed by atoms with Gasteiger partial charge in [0.25, 0.3) is 0 Å². The SMILES string of the molecule is Br.N#Cc1ccccc1.N#Cc1ccccc1.[Pd]. The molecule has 0 saturated carbocycles. The van der Waals surface area contributed by atoms with Gasteiger partial charge in [-0.05, 0) is 24.3 Å². The summed E-state index contributed by atoms with van der Waals surface area (Å²) < 4.78 is 0. The molecule has 0 aliphatic carbocycles. The number of nitrogens with zero attached hydrogens (tertiary/aromatic N) is 2. The van der Waals surface area contributed by atoms with Crippen molar-refractivity contribution in [3.8, 4) is 12.1 Å². The molecule has 2 aromatic carbocycles. The summed E-state index contributed by atoms with van der Waals surface area (Å²) in [5.41, 5.74) is 1.43. The average Bonchev–Trinajstić information content (AvgIpc) is 2.41. The predicted octanol–water partition coefficient (Wildman–Crippen LogP) is 3.69. The van der Waals surface area contributed by atoms with E-state index in [0.29, 0.717) is 11.1 Å². The van der Waals surface area contributed by atoms with Gasteiger partial charge >= 0.3 is 0 Å². The van der Waals surface area contributed by atoms with Crippen LogP contribution in [0.4, 0.5) is 0 Å². The summed E-state index contributed by atoms with van der Waals surface area (Å²) in [5.74, 6) is 0. The first-order chi connectivity index (χ1) is 7.86. The van der Waals surface area contributed by atoms with Crippen LogP contribution in [0.5, 0.6) is 0 Å². The Bertz CT molecular complexity index is 451. The van der Waals surface area contributed by atoms with Crippen LogP contribution in [0, 0.1) is 22.7 Å². The van der Waals surface area contributed by atoms with Crippen molar-refractivity contribution in [2.45, 2.75) is 0 Å². The number of rotatable bonds is 0. The summed E-state index contributed by atoms with van der Waals surface area (Å²) in [6, 6.07) is 22.3. The number of hydrogen-bond acceptors (Lipinski definition) is 2. The molecule has 94 valence electrons. The predicted molar refractivity (Wildman–Crippen MR) is 72.6 cm³/mol. The van der Waals surface area contributed by atoms with Crippen LogP contribution in [0.15, 0.2) is 60.7 Å². The van der Waals surface area contributed by atoms with Crippen molar-refractivity contribution in [3.05, 3.63) is 71.8 Å². The summed E-state index contributed by atoms with van der Waals surface area (Å²) in [5, 5.41) is 16.6. The molecule has 2 aromatic rings. The maximum atomic E-state index is 8.29. The smallest absolute Gasteiger partial charge is 0.0991 e. The van der Waals surface area contributed by atoms with Crippen molar-refractivity contribution in [1.29, 1.82) is 10.5 Å². The molecule has 0 heterocycles. The van der Waals surface area contributed by atoms with Gasteiger partial charge in [-0.1, -0.05) is 36.4 Å². The molecule has 2 nitrogen and oxygen atoms in total. The second kappa shape index (κ2) is 12.0. The van der Waals surface area contributed by atoms with Gasteiger partial charge in [0.15, 0.2) is 0 Å². The maximum absolute atomic E-state index is 8.29. The summed E-state index contributed by atoms with van der Waals surface area (Å²) in [6.07, 6.45) is 0. The Morgan fingerprint density at radius 2 is 0.889 bits per heavy atom. The van der Waals surface area contributed by atoms with Crippen LogP contribution < -0.4 is 0 Å². The zero-order valence-electron chi connectivity index (χ0n) is 9.39. The van der Waals surface area contributed by atoms with Crippen molar-refractivity contribution in [3.63, 3.8) is 0 Å². The molecule has 0 atom stereocenters. The molecule has 4 heteroatoms. The first-order valence-electron chi connectivity index (χ1n) is 4.77. The molecule has 18 heavy (non-hydrogen) atoms. The van der Waals surface area contributed by atoms with Crippen LogP contribution in [0.25, 0.3) is 0 Å². The number of hydrogen-bond donors (Lipinski definition) is 0. The Morgan fingerprint density at radius 3 is 1.06 bits per heavy atom. The monoisotopic (exact) mass is 392 g/mol. The van der Waals surface area contributed by atoms with Gasteiger partial charge < -0.3 is 0 Å². The van der Waals surface area contributed by atoms with Crippen molar-refractivity contribution in [2.75, 3.05) is 0 Å². The van der Waals surface area contributed by atoms with Crippen LogP contribution in [0.1, 0.15) is 11.1 Å². The molecular weight excluding hydrogens is 382 g/mol. The third-order valence-corrected chi connectivity index (χ3v) is 1.81. The van der Waals surface area contributed by atoms with Crippen LogP contribution in [0.2, 0.25) is 0 Å². The van der Waals surface area contributed by atoms with Gasteiger partial charge in [0.1, 0.15) is 0 Å². The second-order valence-corrected chi connectivity index (χ2v) is 2.96. The fourth-order valence-corrected chi connectivity index (χ4v) is 1.03. The fourth-order valence-electron chi connectivity index (χ4n) is 1.03. The molecule has 2 rings (SSSR count). The fraction of sp³-hybridized carbons (Fsp3) is 0. The van der Waals surface area contributed by atoms with Crippen LogP contribution >= 0.6 is 17.0 Å². The van der Waals surface area contributed by atoms with Crippen molar-refractivity contribution in [1.82, 2.24) is 0 Å². The standard InChI is InChI=1S/2C7H5N.BrH.Pd/c2*8-6-7-4-2-1-3-5-7;;/h2*1-5H;1H;. The van der Waals surface area contributed by atoms with Gasteiger partial charge in [-0.25, -0.2) is 0 Å². The molecule has 0 fully saturated rings. The van der Waals surface area contributed by atoms with E-state index in [-0.39, 0.29) is 37.4 Å². The topological polar surface area (TPSA) is 47.6 Å². The van der Waals surface area contributed by atoms with Crippen LogP contribution in [-0.4, -0.2) is 0 Å². The van der Waals surface area contributed by atoms with Gasteiger partial charge in [-0.3, -0.25) is 0 Å². The molecule has 0 saturated heterocycles. The van der Waals surface area contributed by atoms with Crippen molar-refractivity contribution in [2.24, 2.45) is 0 Å². The molecule has 0 bridgehead atoms. The number of benzene rings is 2. The van der Waals surface area contributed by atoms with Gasteiger partial charge in [0.05, 0.1) is 23.3 Å². The van der Waals surface area contributed by atoms with E-state index in [2.05, 4.69) is 0 Å². The average molecular weight is 394 g/mol. The van der Waals surface area contributed by atoms with E-state index in [0.717, 1.165) is 0 Å². The summed E-state index contributed by atoms with van der Waals surface area (Å²) in [6.45, 7) is 0. The maximum Gasteiger partial charge on any atom is 0.0991 e. The van der Waals surface area contributed by atoms with E-state index in [9.17, 15) is 0 Å². The van der Waals surface area contributed by atoms with Gasteiger partial charge in [0, 0.05) is 20.4 Å². The molecule has 0 spiro atoms. The molecule has 0 aliphatic heterocycles. The molecule has 0 N–H and O–H groups in total. The van der Waals surface area contributed by atoms with Crippen molar-refractivity contribution < 1.29 is 20.4 Å². The van der Waals surface area contributed by atoms with E-state index in [1.54, 1.807) is 24.3 Å². The Balaban J connectivity index is 0. The number of halogens is 1. The van der Waals surface area contributed by atoms with Gasteiger partial charge in [-0.15, -0.1) is 17.0 Å². The van der Waals surface area contributed by atoms with E-state index < -0.39 is 0 Å². The molecule has 0 aromatic heterocycles. The Hall–Kier alpha value is -1.44. The Labute approximate surface area is 131 Å². The first kappa shape index (κ1) is 18.9. The largest absolute Gasteiger partial charge is 0.192 e. The zero-order valence-corrected chi connectivity index (χ0v) is 12.7. The van der Waals surface area contributed by atoms with Crippen molar-refractivity contribution >= 4 is 17.0 Å². The first-order valence-corrected chi connectivity index (χ1v) is 4.77. The Morgan fingerprint density at radius 1 is 0.611 bits per heavy atom. The minimum absolute atomic E-state index is 0. The molecular formula is C14H11BrN2Pd. The molecule has 0 unspecified atom stereocenters. The van der Waals surface area contributed by atoms with E-state index in [1.807, 2.05) is 48.5 Å². The normalized spacial score (nSPS) is 7.00. The quantitative estimate of drug-likeness (QED) is 0.641. The summed E-state index contributed by atoms with van der Waals surface area (Å²) >= 11 is 0. The van der Waals surface area contributed by atoms with E-state index in [4.69, 9.17) is 10.5 Å². The molecule has 0 amide bonds.